The molecule has 0 aliphatic carbocycles. The number of hydrogen-bond acceptors (Lipinski definition) is 8. The van der Waals surface area contributed by atoms with E-state index in [1.807, 2.05) is 4.90 Å². The summed E-state index contributed by atoms with van der Waals surface area (Å²) in [6.45, 7) is 1.26. The number of anilines is 2. The third kappa shape index (κ3) is 4.75. The SMILES string of the molecule is O=C(NS(=O)(=O)c1cccnc1N1CC[C@H](O)C1)c1cnc2ccc(N3CCC[C@@H]3c3cc(F)ccc3F)cn12. The Morgan fingerprint density at radius 2 is 1.93 bits per heavy atom. The zero-order valence-electron chi connectivity index (χ0n) is 21.2. The first-order chi connectivity index (χ1) is 19.2. The first-order valence-corrected chi connectivity index (χ1v) is 14.3. The maximum Gasteiger partial charge on any atom is 0.283 e. The van der Waals surface area contributed by atoms with Crippen LogP contribution in [-0.4, -0.2) is 59.5 Å². The summed E-state index contributed by atoms with van der Waals surface area (Å²) in [5, 5.41) is 9.90. The molecule has 2 fully saturated rings. The Hall–Kier alpha value is -4.10. The Morgan fingerprint density at radius 3 is 2.73 bits per heavy atom. The van der Waals surface area contributed by atoms with Crippen LogP contribution in [0.3, 0.4) is 0 Å². The number of halogens is 2. The molecule has 208 valence electrons. The third-order valence-electron chi connectivity index (χ3n) is 7.35. The maximum atomic E-state index is 14.6. The number of pyridine rings is 2. The molecule has 2 atom stereocenters. The Labute approximate surface area is 228 Å². The highest BCUT2D eigenvalue weighted by Crippen LogP contribution is 2.37. The number of imidazole rings is 1. The van der Waals surface area contributed by atoms with E-state index in [0.717, 1.165) is 18.6 Å². The molecule has 0 bridgehead atoms. The predicted octanol–water partition coefficient (Wildman–Crippen LogP) is 3.04. The van der Waals surface area contributed by atoms with Gasteiger partial charge in [-0.25, -0.2) is 31.9 Å². The smallest absolute Gasteiger partial charge is 0.283 e. The Kier molecular flexibility index (Phi) is 6.62. The molecular formula is C27H26F2N6O4S. The largest absolute Gasteiger partial charge is 0.391 e. The summed E-state index contributed by atoms with van der Waals surface area (Å²) in [5.74, 6) is -1.75. The van der Waals surface area contributed by atoms with Crippen molar-refractivity contribution >= 4 is 33.1 Å². The van der Waals surface area contributed by atoms with Crippen LogP contribution in [0.4, 0.5) is 20.3 Å². The highest BCUT2D eigenvalue weighted by molar-refractivity contribution is 7.90. The van der Waals surface area contributed by atoms with Crippen LogP contribution in [0.2, 0.25) is 0 Å². The second-order valence-corrected chi connectivity index (χ2v) is 11.6. The van der Waals surface area contributed by atoms with Crippen molar-refractivity contribution in [2.45, 2.75) is 36.3 Å². The quantitative estimate of drug-likeness (QED) is 0.364. The average Bonchev–Trinajstić information content (AvgIpc) is 3.69. The van der Waals surface area contributed by atoms with Gasteiger partial charge in [0.1, 0.15) is 33.7 Å². The van der Waals surface area contributed by atoms with Crippen LogP contribution in [0.1, 0.15) is 41.4 Å². The number of carbonyl (C=O) groups is 1. The zero-order chi connectivity index (χ0) is 28.0. The molecule has 13 heteroatoms. The fraction of sp³-hybridized carbons (Fsp3) is 0.296. The lowest BCUT2D eigenvalue weighted by atomic mass is 10.0. The molecule has 40 heavy (non-hydrogen) atoms. The number of sulfonamides is 1. The van der Waals surface area contributed by atoms with Gasteiger partial charge in [0.25, 0.3) is 15.9 Å². The summed E-state index contributed by atoms with van der Waals surface area (Å²) >= 11 is 0. The number of rotatable bonds is 6. The van der Waals surface area contributed by atoms with Crippen molar-refractivity contribution in [1.29, 1.82) is 0 Å². The topological polar surface area (TPSA) is 120 Å². The lowest BCUT2D eigenvalue weighted by molar-refractivity contribution is 0.0975. The minimum atomic E-state index is -4.33. The van der Waals surface area contributed by atoms with Crippen molar-refractivity contribution in [3.8, 4) is 0 Å². The van der Waals surface area contributed by atoms with Crippen molar-refractivity contribution in [2.24, 2.45) is 0 Å². The number of fused-ring (bicyclic) bond motifs is 1. The van der Waals surface area contributed by atoms with Crippen molar-refractivity contribution in [3.05, 3.63) is 83.9 Å². The van der Waals surface area contributed by atoms with Crippen molar-refractivity contribution in [2.75, 3.05) is 29.4 Å². The van der Waals surface area contributed by atoms with Gasteiger partial charge in [-0.3, -0.25) is 9.20 Å². The molecule has 0 unspecified atom stereocenters. The molecule has 0 spiro atoms. The number of amides is 1. The number of benzene rings is 1. The summed E-state index contributed by atoms with van der Waals surface area (Å²) in [4.78, 5) is 25.1. The summed E-state index contributed by atoms with van der Waals surface area (Å²) < 4.78 is 58.7. The minimum Gasteiger partial charge on any atom is -0.391 e. The van der Waals surface area contributed by atoms with E-state index in [9.17, 15) is 27.1 Å². The molecule has 2 aliphatic heterocycles. The normalized spacial score (nSPS) is 19.5. The number of β-amino-alcohol motifs (C(OH)–C–C–N with tert-alkyl or cyclic N) is 1. The number of carbonyl (C=O) groups excluding carboxylic acids is 1. The van der Waals surface area contributed by atoms with Gasteiger partial charge in [-0.1, -0.05) is 0 Å². The van der Waals surface area contributed by atoms with Crippen molar-refractivity contribution in [1.82, 2.24) is 19.1 Å². The van der Waals surface area contributed by atoms with Crippen LogP contribution in [0.15, 0.2) is 66.0 Å². The fourth-order valence-electron chi connectivity index (χ4n) is 5.47. The van der Waals surface area contributed by atoms with E-state index in [4.69, 9.17) is 0 Å². The predicted molar refractivity (Wildman–Crippen MR) is 143 cm³/mol. The lowest BCUT2D eigenvalue weighted by Gasteiger charge is -2.27. The Morgan fingerprint density at radius 1 is 1.07 bits per heavy atom. The molecule has 0 saturated carbocycles. The summed E-state index contributed by atoms with van der Waals surface area (Å²) in [6, 6.07) is 9.27. The molecular weight excluding hydrogens is 542 g/mol. The first-order valence-electron chi connectivity index (χ1n) is 12.8. The highest BCUT2D eigenvalue weighted by Gasteiger charge is 2.31. The molecule has 0 radical (unpaired) electrons. The molecule has 1 amide bonds. The summed E-state index contributed by atoms with van der Waals surface area (Å²) in [7, 11) is -4.33. The second kappa shape index (κ2) is 10.1. The van der Waals surface area contributed by atoms with E-state index in [0.29, 0.717) is 37.3 Å². The van der Waals surface area contributed by atoms with E-state index in [1.54, 1.807) is 23.2 Å². The standard InChI is InChI=1S/C27H26F2N6O4S/c28-17-5-7-21(29)20(13-17)22-3-2-11-34(22)18-6-8-25-31-14-23(35(25)15-18)27(37)32-40(38,39)24-4-1-10-30-26(24)33-12-9-19(36)16-33/h1,4-8,10,13-15,19,22,36H,2-3,9,11-12,16H2,(H,32,37)/t19-,22+/m0/s1. The van der Waals surface area contributed by atoms with Gasteiger partial charge in [0.15, 0.2) is 0 Å². The molecule has 4 aromatic rings. The van der Waals surface area contributed by atoms with Gasteiger partial charge >= 0.3 is 0 Å². The van der Waals surface area contributed by atoms with E-state index in [2.05, 4.69) is 14.7 Å². The zero-order valence-corrected chi connectivity index (χ0v) is 22.1. The number of aliphatic hydroxyl groups excluding tert-OH is 1. The number of aliphatic hydroxyl groups is 1. The molecule has 6 rings (SSSR count). The number of aromatic nitrogens is 3. The van der Waals surface area contributed by atoms with E-state index >= 15 is 0 Å². The van der Waals surface area contributed by atoms with Crippen molar-refractivity contribution < 1.29 is 27.1 Å². The monoisotopic (exact) mass is 568 g/mol. The summed E-state index contributed by atoms with van der Waals surface area (Å²) in [5.41, 5.74) is 1.29. The minimum absolute atomic E-state index is 0.0184. The van der Waals surface area contributed by atoms with Gasteiger partial charge in [0, 0.05) is 37.6 Å². The number of nitrogens with zero attached hydrogens (tertiary/aromatic N) is 5. The highest BCUT2D eigenvalue weighted by atomic mass is 32.2. The lowest BCUT2D eigenvalue weighted by Crippen LogP contribution is -2.33. The first kappa shape index (κ1) is 26.1. The van der Waals surface area contributed by atoms with Gasteiger partial charge in [-0.15, -0.1) is 0 Å². The van der Waals surface area contributed by atoms with Gasteiger partial charge in [0.2, 0.25) is 0 Å². The van der Waals surface area contributed by atoms with E-state index in [1.165, 1.54) is 35.0 Å². The fourth-order valence-corrected chi connectivity index (χ4v) is 6.61. The molecule has 1 aromatic carbocycles. The molecule has 3 aromatic heterocycles. The van der Waals surface area contributed by atoms with Gasteiger partial charge in [0.05, 0.1) is 24.0 Å². The van der Waals surface area contributed by atoms with Crippen LogP contribution in [0.25, 0.3) is 5.65 Å². The van der Waals surface area contributed by atoms with E-state index < -0.39 is 39.7 Å². The molecule has 2 saturated heterocycles. The maximum absolute atomic E-state index is 14.6. The molecule has 2 aliphatic rings. The van der Waals surface area contributed by atoms with Crippen LogP contribution < -0.4 is 14.5 Å². The Bertz CT molecular complexity index is 1710. The number of hydrogen-bond donors (Lipinski definition) is 2. The molecule has 2 N–H and O–H groups in total. The van der Waals surface area contributed by atoms with E-state index in [-0.39, 0.29) is 28.5 Å². The van der Waals surface area contributed by atoms with Crippen LogP contribution in [-0.2, 0) is 10.0 Å². The van der Waals surface area contributed by atoms with Gasteiger partial charge in [-0.2, -0.15) is 0 Å². The van der Waals surface area contributed by atoms with Crippen LogP contribution in [0, 0.1) is 11.6 Å². The Balaban J connectivity index is 1.29. The van der Waals surface area contributed by atoms with Crippen LogP contribution in [0.5, 0.6) is 0 Å². The van der Waals surface area contributed by atoms with Gasteiger partial charge in [-0.05, 0) is 61.7 Å². The van der Waals surface area contributed by atoms with Gasteiger partial charge < -0.3 is 14.9 Å². The van der Waals surface area contributed by atoms with Crippen molar-refractivity contribution in [3.63, 3.8) is 0 Å². The van der Waals surface area contributed by atoms with Crippen LogP contribution >= 0.6 is 0 Å². The molecule has 10 nitrogen and oxygen atoms in total. The summed E-state index contributed by atoms with van der Waals surface area (Å²) in [6.07, 6.45) is 5.64. The third-order valence-corrected chi connectivity index (χ3v) is 8.71. The average molecular weight is 569 g/mol. The molecule has 5 heterocycles. The number of nitrogens with one attached hydrogen (secondary N) is 1. The second-order valence-electron chi connectivity index (χ2n) is 9.92.